The molecule has 4 aliphatic heterocycles. The van der Waals surface area contributed by atoms with Crippen LogP contribution in [0.15, 0.2) is 165 Å². The summed E-state index contributed by atoms with van der Waals surface area (Å²) in [5.41, 5.74) is 1.13. The predicted molar refractivity (Wildman–Crippen MR) is 494 cm³/mol. The fraction of sp³-hybridized carbons (Fsp3) is 0.349. The smallest absolute Gasteiger partial charge is 0.294 e. The molecule has 650 valence electrons. The number of aryl methyl sites for hydroxylation is 4. The summed E-state index contributed by atoms with van der Waals surface area (Å²) in [5, 5.41) is 11.7. The van der Waals surface area contributed by atoms with Crippen LogP contribution in [0.1, 0.15) is 86.5 Å². The molecule has 8 heterocycles. The van der Waals surface area contributed by atoms with Crippen LogP contribution in [0.5, 0.6) is 23.0 Å². The molecule has 12 rings (SSSR count). The van der Waals surface area contributed by atoms with E-state index in [1.54, 1.807) is 27.7 Å². The van der Waals surface area contributed by atoms with Gasteiger partial charge in [0.1, 0.15) is 69.9 Å². The molecule has 0 atom stereocenters. The molecule has 4 N–H and O–H groups in total. The van der Waals surface area contributed by atoms with E-state index < -0.39 is 95.7 Å². The number of nitrogens with one attached hydrogen (secondary N) is 4. The van der Waals surface area contributed by atoms with Crippen molar-refractivity contribution in [3.63, 3.8) is 0 Å². The highest BCUT2D eigenvalue weighted by atomic mass is 32.2. The second kappa shape index (κ2) is 44.3. The van der Waals surface area contributed by atoms with Gasteiger partial charge in [0, 0.05) is 137 Å². The van der Waals surface area contributed by atoms with Crippen molar-refractivity contribution in [2.24, 2.45) is 0 Å². The van der Waals surface area contributed by atoms with Crippen LogP contribution < -0.4 is 62.5 Å². The number of hydrogen-bond acceptors (Lipinski definition) is 26. The lowest BCUT2D eigenvalue weighted by molar-refractivity contribution is -0.122. The van der Waals surface area contributed by atoms with Crippen molar-refractivity contribution < 1.29 is 57.3 Å². The Morgan fingerprint density at radius 2 is 0.524 bits per heavy atom. The van der Waals surface area contributed by atoms with Crippen LogP contribution in [0, 0.1) is 27.7 Å². The molecule has 8 amide bonds. The monoisotopic (exact) mass is 1830 g/mol. The van der Waals surface area contributed by atoms with Crippen LogP contribution in [0.4, 0.5) is 0 Å². The topological polar surface area (TPSA) is 329 Å². The van der Waals surface area contributed by atoms with Crippen molar-refractivity contribution in [1.82, 2.24) is 68.9 Å². The summed E-state index contributed by atoms with van der Waals surface area (Å²) in [5.74, 6) is -3.09. The Balaban J connectivity index is 0.798. The normalized spacial score (nSPS) is 13.9. The molecule has 4 aromatic carbocycles. The fourth-order valence-electron chi connectivity index (χ4n) is 14.0. The summed E-state index contributed by atoms with van der Waals surface area (Å²) in [4.78, 5) is 182. The average molecular weight is 1830 g/mol. The van der Waals surface area contributed by atoms with Gasteiger partial charge in [-0.15, -0.1) is 0 Å². The molecule has 0 unspecified atom stereocenters. The minimum Gasteiger partial charge on any atom is -0.482 e. The maximum Gasteiger partial charge on any atom is 0.294 e. The van der Waals surface area contributed by atoms with Gasteiger partial charge in [-0.2, -0.15) is 0 Å². The molecule has 4 fully saturated rings. The highest BCUT2D eigenvalue weighted by Crippen LogP contribution is 2.31. The highest BCUT2D eigenvalue weighted by molar-refractivity contribution is 8.24. The number of aromatic nitrogens is 4. The summed E-state index contributed by atoms with van der Waals surface area (Å²) in [7, 11) is 0. The van der Waals surface area contributed by atoms with Crippen molar-refractivity contribution in [1.29, 1.82) is 0 Å². The van der Waals surface area contributed by atoms with E-state index in [9.17, 15) is 57.5 Å². The third-order valence-corrected chi connectivity index (χ3v) is 26.4. The van der Waals surface area contributed by atoms with Crippen molar-refractivity contribution in [3.05, 3.63) is 254 Å². The molecule has 124 heavy (non-hydrogen) atoms. The van der Waals surface area contributed by atoms with Gasteiger partial charge in [0.2, 0.25) is 23.6 Å². The first-order valence-corrected chi connectivity index (χ1v) is 45.5. The minimum absolute atomic E-state index is 0.00944. The summed E-state index contributed by atoms with van der Waals surface area (Å²) in [6.45, 7) is 6.32. The number of benzene rings is 4. The Labute approximate surface area is 753 Å². The van der Waals surface area contributed by atoms with E-state index in [4.69, 9.17) is 67.8 Å². The zero-order valence-corrected chi connectivity index (χ0v) is 75.0. The van der Waals surface area contributed by atoms with Crippen LogP contribution in [0.2, 0.25) is 0 Å². The van der Waals surface area contributed by atoms with Crippen LogP contribution in [-0.2, 0) is 71.8 Å². The Bertz CT molecular complexity index is 4970. The third kappa shape index (κ3) is 23.9. The molecule has 4 aliphatic rings. The van der Waals surface area contributed by atoms with E-state index >= 15 is 0 Å². The number of thiocarbonyl (C=S) groups is 4. The molecule has 4 aromatic heterocycles. The number of carbonyl (C=O) groups is 8. The summed E-state index contributed by atoms with van der Waals surface area (Å²) >= 11 is 27.4. The predicted octanol–water partition coefficient (Wildman–Crippen LogP) is 6.95. The van der Waals surface area contributed by atoms with E-state index in [0.29, 0.717) is 89.2 Å². The molecule has 8 aromatic rings. The van der Waals surface area contributed by atoms with Gasteiger partial charge in [-0.3, -0.25) is 86.9 Å². The number of amides is 8. The molecule has 4 saturated heterocycles. The maximum atomic E-state index is 14.6. The number of pyridine rings is 4. The zero-order valence-electron chi connectivity index (χ0n) is 68.5. The van der Waals surface area contributed by atoms with E-state index in [2.05, 4.69) is 21.3 Å². The van der Waals surface area contributed by atoms with Crippen LogP contribution in [0.25, 0.3) is 0 Å². The van der Waals surface area contributed by atoms with Gasteiger partial charge in [0.15, 0.2) is 23.0 Å². The van der Waals surface area contributed by atoms with Crippen molar-refractivity contribution in [2.75, 3.05) is 115 Å². The highest BCUT2D eigenvalue weighted by Gasteiger charge is 2.36. The molecule has 0 bridgehead atoms. The van der Waals surface area contributed by atoms with E-state index in [0.717, 1.165) is 22.3 Å². The summed E-state index contributed by atoms with van der Waals surface area (Å²) in [6, 6.07) is 42.3. The molecule has 0 radical (unpaired) electrons. The van der Waals surface area contributed by atoms with Crippen molar-refractivity contribution in [3.8, 4) is 23.0 Å². The second-order valence-electron chi connectivity index (χ2n) is 29.1. The Morgan fingerprint density at radius 3 is 0.710 bits per heavy atom. The molecule has 30 nitrogen and oxygen atoms in total. The lowest BCUT2D eigenvalue weighted by atomic mass is 10.1. The van der Waals surface area contributed by atoms with Crippen LogP contribution in [0.3, 0.4) is 0 Å². The molecule has 0 saturated carbocycles. The first-order valence-electron chi connectivity index (χ1n) is 39.9. The first kappa shape index (κ1) is 92.5. The number of thioether (sulfide) groups is 4. The molecular formula is C86H92N14O16S8. The van der Waals surface area contributed by atoms with E-state index in [1.807, 2.05) is 131 Å². The largest absolute Gasteiger partial charge is 0.482 e. The Morgan fingerprint density at radius 1 is 0.323 bits per heavy atom. The molecular weight excluding hydrogens is 1740 g/mol. The number of nitrogens with zero attached hydrogens (tertiary/aromatic N) is 10. The van der Waals surface area contributed by atoms with Crippen molar-refractivity contribution >= 4 is 160 Å². The zero-order chi connectivity index (χ0) is 88.1. The number of rotatable bonds is 39. The van der Waals surface area contributed by atoms with Gasteiger partial charge in [0.05, 0.1) is 22.3 Å². The lowest BCUT2D eigenvalue weighted by Crippen LogP contribution is -2.47. The summed E-state index contributed by atoms with van der Waals surface area (Å²) in [6.07, 6.45) is 0. The number of carbonyl (C=O) groups excluding carboxylic acids is 8. The van der Waals surface area contributed by atoms with Gasteiger partial charge in [0.25, 0.3) is 45.9 Å². The number of ether oxygens (including phenoxy) is 4. The van der Waals surface area contributed by atoms with E-state index in [-0.39, 0.29) is 137 Å². The third-order valence-electron chi connectivity index (χ3n) is 20.6. The van der Waals surface area contributed by atoms with Gasteiger partial charge in [-0.1, -0.05) is 217 Å². The lowest BCUT2D eigenvalue weighted by Gasteiger charge is -2.28. The van der Waals surface area contributed by atoms with Gasteiger partial charge >= 0.3 is 0 Å². The minimum atomic E-state index is -0.722. The Kier molecular flexibility index (Phi) is 33.0. The average Bonchev–Trinajstić information content (AvgIpc) is 1.23. The Hall–Kier alpha value is -10.7. The molecule has 0 aliphatic carbocycles. The number of hydrogen-bond donors (Lipinski definition) is 4. The van der Waals surface area contributed by atoms with Gasteiger partial charge in [-0.05, 0) is 74.2 Å². The van der Waals surface area contributed by atoms with Crippen molar-refractivity contribution in [2.45, 2.75) is 80.3 Å². The van der Waals surface area contributed by atoms with Crippen LogP contribution in [-0.4, -0.2) is 227 Å². The summed E-state index contributed by atoms with van der Waals surface area (Å²) < 4.78 is 30.9. The molecule has 0 spiro atoms. The van der Waals surface area contributed by atoms with Gasteiger partial charge < -0.3 is 58.5 Å². The SMILES string of the molecule is Cc1cc(C(=O)N2CCSC2=S)c(OCc2ccccc2)c(=O)n1CC(=O)NCCN(CCNC(=O)Cn1c(C)cc(C(=O)N2CCSC2=S)c(OCc2ccccc2)c1=O)CCN(CCNC(=O)Cn1c(C)cc(C(=O)N2CCSC2=S)c(OCc2ccccc2)c1=O)CCNC(=O)Cn1c(C)cc(C(=O)N2CCSC2=S)c(OCc2ccccc2)c1=O. The molecule has 38 heteroatoms. The van der Waals surface area contributed by atoms with Crippen LogP contribution >= 0.6 is 95.9 Å². The first-order chi connectivity index (χ1) is 59.8. The fourth-order valence-corrected chi connectivity index (χ4v) is 18.8. The standard InChI is InChI=1S/C86H92N14O16S8/c1-55-43-63(75(105)93-35-39-121-83(93)117)71(113-51-59-17-9-5-10-18-59)79(109)97(55)47-67(101)87-25-29-91(30-26-88-68(102)48-98-56(2)44-64(76(106)94-36-40-122-84(94)118)72(80(98)110)114-52-60-19-11-6-12-20-60)33-34-92(31-27-89-69(103)49-99-57(3)45-65(77(107)95-37-41-123-85(95)119)73(81(99)111)115-53-61-21-13-7-14-22-61)32-28-90-70(104)50-100-58(4)46-66(78(108)96-38-42-124-86(96)120)74(82(100)112)116-54-62-23-15-8-16-24-62/h5-24,43-46H,25-42,47-54H2,1-4H3,(H,87,101)(H,88,102)(H,89,103)(H,90,104). The quantitative estimate of drug-likeness (QED) is 0.0283. The van der Waals surface area contributed by atoms with E-state index in [1.165, 1.54) is 109 Å². The van der Waals surface area contributed by atoms with Gasteiger partial charge in [-0.25, -0.2) is 0 Å². The maximum absolute atomic E-state index is 14.6. The second-order valence-corrected chi connectivity index (χ2v) is 36.1.